The van der Waals surface area contributed by atoms with Gasteiger partial charge < -0.3 is 4.57 Å². The lowest BCUT2D eigenvalue weighted by atomic mass is 10.1. The van der Waals surface area contributed by atoms with Crippen molar-refractivity contribution in [2.75, 3.05) is 0 Å². The number of hydrogen-bond donors (Lipinski definition) is 0. The van der Waals surface area contributed by atoms with Crippen molar-refractivity contribution in [2.45, 2.75) is 19.4 Å². The van der Waals surface area contributed by atoms with Gasteiger partial charge in [-0.3, -0.25) is 0 Å². The Bertz CT molecular complexity index is 439. The second kappa shape index (κ2) is 5.36. The molecule has 0 N–H and O–H groups in total. The van der Waals surface area contributed by atoms with Crippen LogP contribution in [0.2, 0.25) is 0 Å². The number of unbranched alkanes of at least 4 members (excludes halogenated alkanes) is 1. The van der Waals surface area contributed by atoms with Crippen molar-refractivity contribution in [3.05, 3.63) is 61.3 Å². The Kier molecular flexibility index (Phi) is 3.60. The molecule has 1 aromatic carbocycles. The van der Waals surface area contributed by atoms with Gasteiger partial charge in [0.2, 0.25) is 0 Å². The summed E-state index contributed by atoms with van der Waals surface area (Å²) in [6, 6.07) is 14.8. The van der Waals surface area contributed by atoms with Gasteiger partial charge in [0.1, 0.15) is 0 Å². The number of allylic oxidation sites excluding steroid dienone is 1. The highest BCUT2D eigenvalue weighted by molar-refractivity contribution is 5.59. The molecule has 16 heavy (non-hydrogen) atoms. The first-order valence-electron chi connectivity index (χ1n) is 5.73. The zero-order chi connectivity index (χ0) is 11.2. The molecule has 0 amide bonds. The summed E-state index contributed by atoms with van der Waals surface area (Å²) < 4.78 is 2.30. The molecule has 0 aliphatic heterocycles. The molecule has 0 saturated heterocycles. The molecule has 0 aliphatic carbocycles. The fourth-order valence-electron chi connectivity index (χ4n) is 1.89. The molecule has 2 rings (SSSR count). The monoisotopic (exact) mass is 211 g/mol. The Hall–Kier alpha value is -1.76. The second-order valence-electron chi connectivity index (χ2n) is 3.88. The highest BCUT2D eigenvalue weighted by Gasteiger charge is 2.01. The van der Waals surface area contributed by atoms with Crippen LogP contribution < -0.4 is 0 Å². The molecule has 0 aliphatic rings. The van der Waals surface area contributed by atoms with Gasteiger partial charge in [-0.1, -0.05) is 36.4 Å². The maximum absolute atomic E-state index is 3.75. The molecule has 82 valence electrons. The summed E-state index contributed by atoms with van der Waals surface area (Å²) in [4.78, 5) is 0. The molecule has 2 aromatic rings. The molecule has 0 unspecified atom stereocenters. The maximum Gasteiger partial charge on any atom is 0.0480 e. The summed E-state index contributed by atoms with van der Waals surface area (Å²) in [5.41, 5.74) is 2.58. The van der Waals surface area contributed by atoms with Crippen LogP contribution in [0.5, 0.6) is 0 Å². The summed E-state index contributed by atoms with van der Waals surface area (Å²) >= 11 is 0. The molecule has 1 aromatic heterocycles. The highest BCUT2D eigenvalue weighted by atomic mass is 15.0. The van der Waals surface area contributed by atoms with Crippen LogP contribution in [0.3, 0.4) is 0 Å². The van der Waals surface area contributed by atoms with Crippen LogP contribution in [0.25, 0.3) is 11.3 Å². The Balaban J connectivity index is 2.16. The van der Waals surface area contributed by atoms with E-state index in [2.05, 4.69) is 59.8 Å². The molecule has 0 atom stereocenters. The van der Waals surface area contributed by atoms with Gasteiger partial charge in [0, 0.05) is 18.4 Å². The third kappa shape index (κ3) is 2.43. The van der Waals surface area contributed by atoms with Gasteiger partial charge in [-0.05, 0) is 30.5 Å². The van der Waals surface area contributed by atoms with Crippen LogP contribution >= 0.6 is 0 Å². The van der Waals surface area contributed by atoms with E-state index in [1.165, 1.54) is 11.3 Å². The van der Waals surface area contributed by atoms with Crippen molar-refractivity contribution < 1.29 is 0 Å². The molecule has 0 radical (unpaired) electrons. The summed E-state index contributed by atoms with van der Waals surface area (Å²) in [6.45, 7) is 4.81. The minimum absolute atomic E-state index is 1.06. The molecular weight excluding hydrogens is 194 g/mol. The Morgan fingerprint density at radius 1 is 1.06 bits per heavy atom. The summed E-state index contributed by atoms with van der Waals surface area (Å²) in [5, 5.41) is 0. The van der Waals surface area contributed by atoms with Gasteiger partial charge in [0.05, 0.1) is 0 Å². The molecule has 1 heterocycles. The van der Waals surface area contributed by atoms with Gasteiger partial charge in [-0.25, -0.2) is 0 Å². The summed E-state index contributed by atoms with van der Waals surface area (Å²) in [5.74, 6) is 0. The topological polar surface area (TPSA) is 4.93 Å². The predicted molar refractivity (Wildman–Crippen MR) is 69.3 cm³/mol. The van der Waals surface area contributed by atoms with Crippen LogP contribution in [0.1, 0.15) is 12.8 Å². The van der Waals surface area contributed by atoms with E-state index < -0.39 is 0 Å². The van der Waals surface area contributed by atoms with E-state index in [1.54, 1.807) is 0 Å². The van der Waals surface area contributed by atoms with E-state index >= 15 is 0 Å². The van der Waals surface area contributed by atoms with E-state index in [4.69, 9.17) is 0 Å². The molecular formula is C15H17N. The lowest BCUT2D eigenvalue weighted by Gasteiger charge is -2.08. The average molecular weight is 211 g/mol. The standard InChI is InChI=1S/C15H17N/c1-2-3-7-12-16-13-8-11-15(16)14-9-5-4-6-10-14/h2,4-6,8-11,13H,1,3,7,12H2. The number of hydrogen-bond acceptors (Lipinski definition) is 0. The normalized spacial score (nSPS) is 10.2. The lowest BCUT2D eigenvalue weighted by molar-refractivity contribution is 0.659. The van der Waals surface area contributed by atoms with Gasteiger partial charge in [-0.2, -0.15) is 0 Å². The van der Waals surface area contributed by atoms with Gasteiger partial charge in [0.25, 0.3) is 0 Å². The van der Waals surface area contributed by atoms with Crippen molar-refractivity contribution in [3.63, 3.8) is 0 Å². The molecule has 0 bridgehead atoms. The van der Waals surface area contributed by atoms with Gasteiger partial charge >= 0.3 is 0 Å². The summed E-state index contributed by atoms with van der Waals surface area (Å²) in [6.07, 6.45) is 6.35. The Morgan fingerprint density at radius 2 is 1.88 bits per heavy atom. The fraction of sp³-hybridized carbons (Fsp3) is 0.200. The lowest BCUT2D eigenvalue weighted by Crippen LogP contribution is -1.97. The van der Waals surface area contributed by atoms with Crippen molar-refractivity contribution in [2.24, 2.45) is 0 Å². The van der Waals surface area contributed by atoms with Crippen molar-refractivity contribution >= 4 is 0 Å². The van der Waals surface area contributed by atoms with Crippen LogP contribution in [0.4, 0.5) is 0 Å². The Labute approximate surface area is 97.0 Å². The maximum atomic E-state index is 3.75. The molecule has 1 nitrogen and oxygen atoms in total. The fourth-order valence-corrected chi connectivity index (χ4v) is 1.89. The first-order chi connectivity index (χ1) is 7.92. The molecule has 0 spiro atoms. The number of aromatic nitrogens is 1. The Morgan fingerprint density at radius 3 is 2.62 bits per heavy atom. The van der Waals surface area contributed by atoms with Gasteiger partial charge in [0.15, 0.2) is 0 Å². The van der Waals surface area contributed by atoms with Gasteiger partial charge in [-0.15, -0.1) is 6.58 Å². The van der Waals surface area contributed by atoms with E-state index in [1.807, 2.05) is 6.08 Å². The van der Waals surface area contributed by atoms with E-state index in [0.717, 1.165) is 19.4 Å². The third-order valence-corrected chi connectivity index (χ3v) is 2.71. The quantitative estimate of drug-likeness (QED) is 0.518. The summed E-state index contributed by atoms with van der Waals surface area (Å²) in [7, 11) is 0. The number of benzene rings is 1. The average Bonchev–Trinajstić information content (AvgIpc) is 2.79. The number of nitrogens with zero attached hydrogens (tertiary/aromatic N) is 1. The molecule has 0 fully saturated rings. The highest BCUT2D eigenvalue weighted by Crippen LogP contribution is 2.20. The molecule has 1 heteroatoms. The van der Waals surface area contributed by atoms with E-state index in [9.17, 15) is 0 Å². The van der Waals surface area contributed by atoms with Crippen molar-refractivity contribution in [1.29, 1.82) is 0 Å². The van der Waals surface area contributed by atoms with Crippen molar-refractivity contribution in [1.82, 2.24) is 4.57 Å². The van der Waals surface area contributed by atoms with Crippen molar-refractivity contribution in [3.8, 4) is 11.3 Å². The SMILES string of the molecule is C=CCCCn1cccc1-c1ccccc1. The smallest absolute Gasteiger partial charge is 0.0480 e. The van der Waals surface area contributed by atoms with Crippen LogP contribution in [0, 0.1) is 0 Å². The zero-order valence-corrected chi connectivity index (χ0v) is 9.47. The van der Waals surface area contributed by atoms with E-state index in [0.29, 0.717) is 0 Å². The minimum Gasteiger partial charge on any atom is -0.347 e. The largest absolute Gasteiger partial charge is 0.347 e. The van der Waals surface area contributed by atoms with E-state index in [-0.39, 0.29) is 0 Å². The second-order valence-corrected chi connectivity index (χ2v) is 3.88. The van der Waals surface area contributed by atoms with Crippen LogP contribution in [-0.4, -0.2) is 4.57 Å². The first-order valence-corrected chi connectivity index (χ1v) is 5.73. The number of aryl methyl sites for hydroxylation is 1. The minimum atomic E-state index is 1.06. The third-order valence-electron chi connectivity index (χ3n) is 2.71. The van der Waals surface area contributed by atoms with Crippen LogP contribution in [0.15, 0.2) is 61.3 Å². The molecule has 0 saturated carbocycles. The number of rotatable bonds is 5. The predicted octanol–water partition coefficient (Wildman–Crippen LogP) is 4.12. The zero-order valence-electron chi connectivity index (χ0n) is 9.47. The first kappa shape index (κ1) is 10.7. The van der Waals surface area contributed by atoms with Crippen LogP contribution in [-0.2, 0) is 6.54 Å².